The van der Waals surface area contributed by atoms with Gasteiger partial charge in [-0.2, -0.15) is 0 Å². The number of benzene rings is 1. The van der Waals surface area contributed by atoms with E-state index < -0.39 is 10.8 Å². The summed E-state index contributed by atoms with van der Waals surface area (Å²) in [6, 6.07) is 8.04. The maximum Gasteiger partial charge on any atom is 0.134 e. The average Bonchev–Trinajstić information content (AvgIpc) is 2.75. The first-order valence-electron chi connectivity index (χ1n) is 5.93. The van der Waals surface area contributed by atoms with E-state index in [0.29, 0.717) is 5.75 Å². The van der Waals surface area contributed by atoms with Gasteiger partial charge in [0.2, 0.25) is 0 Å². The highest BCUT2D eigenvalue weighted by Gasteiger charge is 2.27. The molecule has 1 N–H and O–H groups in total. The van der Waals surface area contributed by atoms with Gasteiger partial charge in [0.1, 0.15) is 11.3 Å². The van der Waals surface area contributed by atoms with Crippen LogP contribution in [0, 0.1) is 0 Å². The van der Waals surface area contributed by atoms with Crippen molar-refractivity contribution in [1.82, 2.24) is 5.32 Å². The third kappa shape index (κ3) is 2.27. The fraction of sp³-hybridized carbons (Fsp3) is 0.385. The average molecular weight is 328 g/mol. The minimum absolute atomic E-state index is 0.0632. The van der Waals surface area contributed by atoms with E-state index in [1.807, 2.05) is 31.2 Å². The molecule has 0 radical (unpaired) electrons. The van der Waals surface area contributed by atoms with Crippen molar-refractivity contribution in [2.24, 2.45) is 0 Å². The number of rotatable bonds is 1. The van der Waals surface area contributed by atoms with Crippen LogP contribution in [-0.4, -0.2) is 21.8 Å². The minimum Gasteiger partial charge on any atom is -0.459 e. The Morgan fingerprint density at radius 2 is 2.28 bits per heavy atom. The van der Waals surface area contributed by atoms with Crippen molar-refractivity contribution >= 4 is 37.7 Å². The van der Waals surface area contributed by atoms with Gasteiger partial charge >= 0.3 is 0 Å². The summed E-state index contributed by atoms with van der Waals surface area (Å²) in [6.07, 6.45) is 0. The first-order chi connectivity index (χ1) is 8.63. The number of nitrogens with one attached hydrogen (secondary N) is 1. The number of hydrogen-bond acceptors (Lipinski definition) is 3. The highest BCUT2D eigenvalue weighted by molar-refractivity contribution is 9.10. The Hall–Kier alpha value is -0.650. The zero-order valence-corrected chi connectivity index (χ0v) is 12.4. The molecule has 1 aliphatic heterocycles. The molecule has 0 saturated carbocycles. The second kappa shape index (κ2) is 4.79. The standard InChI is InChI=1S/C13H14BrNO2S/c1-8-6-15-11(7-18(8)16)13-5-9-4-10(14)2-3-12(9)17-13/h2-5,8,11,15H,6-7H2,1H3. The smallest absolute Gasteiger partial charge is 0.134 e. The van der Waals surface area contributed by atoms with Crippen LogP contribution in [-0.2, 0) is 10.8 Å². The van der Waals surface area contributed by atoms with Gasteiger partial charge in [-0.1, -0.05) is 15.9 Å². The first kappa shape index (κ1) is 12.4. The zero-order valence-electron chi connectivity index (χ0n) is 9.98. The third-order valence-corrected chi connectivity index (χ3v) is 5.49. The zero-order chi connectivity index (χ0) is 12.7. The molecule has 1 fully saturated rings. The Bertz CT molecular complexity index is 610. The quantitative estimate of drug-likeness (QED) is 0.875. The number of fused-ring (bicyclic) bond motifs is 1. The van der Waals surface area contributed by atoms with Crippen molar-refractivity contribution in [3.63, 3.8) is 0 Å². The topological polar surface area (TPSA) is 42.2 Å². The second-order valence-corrected chi connectivity index (χ2v) is 7.47. The molecule has 2 heterocycles. The Morgan fingerprint density at radius 1 is 1.44 bits per heavy atom. The SMILES string of the molecule is CC1CNC(c2cc3cc(Br)ccc3o2)CS1=O. The summed E-state index contributed by atoms with van der Waals surface area (Å²) in [5.41, 5.74) is 0.874. The largest absolute Gasteiger partial charge is 0.459 e. The third-order valence-electron chi connectivity index (χ3n) is 3.27. The second-order valence-electron chi connectivity index (χ2n) is 4.65. The van der Waals surface area contributed by atoms with Crippen LogP contribution < -0.4 is 5.32 Å². The molecule has 0 bridgehead atoms. The lowest BCUT2D eigenvalue weighted by molar-refractivity contribution is 0.443. The predicted molar refractivity (Wildman–Crippen MR) is 77.1 cm³/mol. The Balaban J connectivity index is 1.92. The lowest BCUT2D eigenvalue weighted by atomic mass is 10.2. The van der Waals surface area contributed by atoms with Crippen molar-refractivity contribution in [1.29, 1.82) is 0 Å². The van der Waals surface area contributed by atoms with E-state index in [1.165, 1.54) is 0 Å². The van der Waals surface area contributed by atoms with E-state index in [0.717, 1.165) is 27.7 Å². The molecule has 0 aliphatic carbocycles. The van der Waals surface area contributed by atoms with Crippen LogP contribution in [0.2, 0.25) is 0 Å². The lowest BCUT2D eigenvalue weighted by Crippen LogP contribution is -2.41. The molecule has 1 saturated heterocycles. The van der Waals surface area contributed by atoms with Gasteiger partial charge in [0.25, 0.3) is 0 Å². The summed E-state index contributed by atoms with van der Waals surface area (Å²) in [5.74, 6) is 1.51. The van der Waals surface area contributed by atoms with E-state index in [9.17, 15) is 4.21 Å². The number of hydrogen-bond donors (Lipinski definition) is 1. The molecular formula is C13H14BrNO2S. The predicted octanol–water partition coefficient (Wildman–Crippen LogP) is 2.98. The van der Waals surface area contributed by atoms with Crippen molar-refractivity contribution < 1.29 is 8.63 Å². The van der Waals surface area contributed by atoms with Crippen molar-refractivity contribution in [2.75, 3.05) is 12.3 Å². The molecule has 3 rings (SSSR count). The van der Waals surface area contributed by atoms with Crippen molar-refractivity contribution in [2.45, 2.75) is 18.2 Å². The van der Waals surface area contributed by atoms with E-state index in [1.54, 1.807) is 0 Å². The molecule has 1 aromatic carbocycles. The summed E-state index contributed by atoms with van der Waals surface area (Å²) in [4.78, 5) is 0. The monoisotopic (exact) mass is 327 g/mol. The van der Waals surface area contributed by atoms with Gasteiger partial charge in [0, 0.05) is 38.2 Å². The molecule has 3 nitrogen and oxygen atoms in total. The van der Waals surface area contributed by atoms with Crippen LogP contribution in [0.3, 0.4) is 0 Å². The van der Waals surface area contributed by atoms with E-state index >= 15 is 0 Å². The molecule has 2 aromatic rings. The fourth-order valence-electron chi connectivity index (χ4n) is 2.18. The summed E-state index contributed by atoms with van der Waals surface area (Å²) in [7, 11) is -0.773. The van der Waals surface area contributed by atoms with Gasteiger partial charge in [0.05, 0.1) is 6.04 Å². The Kier molecular flexibility index (Phi) is 3.30. The maximum absolute atomic E-state index is 11.9. The lowest BCUT2D eigenvalue weighted by Gasteiger charge is -2.25. The van der Waals surface area contributed by atoms with Gasteiger partial charge in [-0.05, 0) is 31.2 Å². The van der Waals surface area contributed by atoms with Crippen LogP contribution >= 0.6 is 15.9 Å². The van der Waals surface area contributed by atoms with Crippen LogP contribution in [0.5, 0.6) is 0 Å². The van der Waals surface area contributed by atoms with Crippen molar-refractivity contribution in [3.8, 4) is 0 Å². The van der Waals surface area contributed by atoms with Crippen LogP contribution in [0.4, 0.5) is 0 Å². The molecule has 0 amide bonds. The summed E-state index contributed by atoms with van der Waals surface area (Å²) in [5, 5.41) is 4.69. The fourth-order valence-corrected chi connectivity index (χ4v) is 3.78. The molecule has 1 aromatic heterocycles. The highest BCUT2D eigenvalue weighted by Crippen LogP contribution is 2.28. The Morgan fingerprint density at radius 3 is 3.06 bits per heavy atom. The van der Waals surface area contributed by atoms with Gasteiger partial charge < -0.3 is 9.73 Å². The molecule has 3 atom stereocenters. The van der Waals surface area contributed by atoms with Gasteiger partial charge in [0.15, 0.2) is 0 Å². The van der Waals surface area contributed by atoms with Gasteiger partial charge in [-0.3, -0.25) is 4.21 Å². The summed E-state index contributed by atoms with van der Waals surface area (Å²) >= 11 is 3.45. The summed E-state index contributed by atoms with van der Waals surface area (Å²) in [6.45, 7) is 2.78. The molecule has 1 aliphatic rings. The number of furan rings is 1. The maximum atomic E-state index is 11.9. The van der Waals surface area contributed by atoms with Gasteiger partial charge in [-0.15, -0.1) is 0 Å². The van der Waals surface area contributed by atoms with E-state index in [4.69, 9.17) is 4.42 Å². The van der Waals surface area contributed by atoms with Crippen LogP contribution in [0.25, 0.3) is 11.0 Å². The van der Waals surface area contributed by atoms with Crippen LogP contribution in [0.15, 0.2) is 33.2 Å². The van der Waals surface area contributed by atoms with Gasteiger partial charge in [-0.25, -0.2) is 0 Å². The van der Waals surface area contributed by atoms with E-state index in [-0.39, 0.29) is 11.3 Å². The molecule has 3 unspecified atom stereocenters. The first-order valence-corrected chi connectivity index (χ1v) is 8.10. The molecule has 5 heteroatoms. The number of halogens is 1. The van der Waals surface area contributed by atoms with Crippen LogP contribution in [0.1, 0.15) is 18.7 Å². The Labute approximate surface area is 117 Å². The minimum atomic E-state index is -0.773. The highest BCUT2D eigenvalue weighted by atomic mass is 79.9. The van der Waals surface area contributed by atoms with Crippen molar-refractivity contribution in [3.05, 3.63) is 34.5 Å². The molecule has 18 heavy (non-hydrogen) atoms. The summed E-state index contributed by atoms with van der Waals surface area (Å²) < 4.78 is 18.7. The normalized spacial score (nSPS) is 28.7. The molecular weight excluding hydrogens is 314 g/mol. The van der Waals surface area contributed by atoms with E-state index in [2.05, 4.69) is 21.2 Å². The molecule has 96 valence electrons. The molecule has 0 spiro atoms.